The fourth-order valence-electron chi connectivity index (χ4n) is 2.73. The van der Waals surface area contributed by atoms with Crippen LogP contribution in [-0.2, 0) is 11.2 Å². The minimum Gasteiger partial charge on any atom is -0.497 e. The molecule has 0 radical (unpaired) electrons. The van der Waals surface area contributed by atoms with Crippen molar-refractivity contribution in [3.05, 3.63) is 23.8 Å². The molecule has 0 spiro atoms. The number of carbonyl (C=O) groups excluding carboxylic acids is 1. The van der Waals surface area contributed by atoms with Gasteiger partial charge in [-0.1, -0.05) is 0 Å². The molecule has 2 rings (SSSR count). The first-order valence-electron chi connectivity index (χ1n) is 7.36. The van der Waals surface area contributed by atoms with Crippen molar-refractivity contribution in [3.8, 4) is 11.5 Å². The Kier molecular flexibility index (Phi) is 5.44. The quantitative estimate of drug-likeness (QED) is 0.863. The van der Waals surface area contributed by atoms with E-state index in [1.165, 1.54) is 0 Å². The van der Waals surface area contributed by atoms with Crippen molar-refractivity contribution in [2.45, 2.75) is 38.3 Å². The fraction of sp³-hybridized carbons (Fsp3) is 0.562. The Bertz CT molecular complexity index is 490. The number of amides is 1. The third-order valence-electron chi connectivity index (χ3n) is 3.83. The lowest BCUT2D eigenvalue weighted by atomic mass is 10.00. The number of carbonyl (C=O) groups is 1. The molecule has 1 aliphatic rings. The summed E-state index contributed by atoms with van der Waals surface area (Å²) in [7, 11) is 3.22. The van der Waals surface area contributed by atoms with Crippen LogP contribution in [0.1, 0.15) is 25.3 Å². The summed E-state index contributed by atoms with van der Waals surface area (Å²) in [6, 6.07) is 6.22. The second kappa shape index (κ2) is 7.31. The Labute approximate surface area is 126 Å². The van der Waals surface area contributed by atoms with Crippen molar-refractivity contribution in [1.82, 2.24) is 10.6 Å². The maximum atomic E-state index is 12.2. The number of ether oxygens (including phenoxy) is 2. The molecule has 1 amide bonds. The lowest BCUT2D eigenvalue weighted by molar-refractivity contribution is -0.121. The van der Waals surface area contributed by atoms with E-state index in [9.17, 15) is 4.79 Å². The summed E-state index contributed by atoms with van der Waals surface area (Å²) >= 11 is 0. The summed E-state index contributed by atoms with van der Waals surface area (Å²) in [6.07, 6.45) is 2.25. The minimum atomic E-state index is 0.0284. The maximum absolute atomic E-state index is 12.2. The van der Waals surface area contributed by atoms with Crippen molar-refractivity contribution in [2.75, 3.05) is 20.8 Å². The number of piperidine rings is 1. The van der Waals surface area contributed by atoms with Gasteiger partial charge in [0.1, 0.15) is 11.5 Å². The molecule has 0 aliphatic carbocycles. The van der Waals surface area contributed by atoms with Crippen LogP contribution in [0.5, 0.6) is 11.5 Å². The summed E-state index contributed by atoms with van der Waals surface area (Å²) in [5.41, 5.74) is 0.844. The van der Waals surface area contributed by atoms with E-state index in [2.05, 4.69) is 17.6 Å². The molecule has 0 aromatic heterocycles. The molecule has 1 fully saturated rings. The fourth-order valence-corrected chi connectivity index (χ4v) is 2.73. The average Bonchev–Trinajstić information content (AvgIpc) is 2.47. The topological polar surface area (TPSA) is 59.6 Å². The van der Waals surface area contributed by atoms with Gasteiger partial charge in [0.2, 0.25) is 5.91 Å². The molecule has 5 nitrogen and oxygen atoms in total. The third-order valence-corrected chi connectivity index (χ3v) is 3.83. The molecule has 21 heavy (non-hydrogen) atoms. The predicted octanol–water partition coefficient (Wildman–Crippen LogP) is 1.50. The van der Waals surface area contributed by atoms with Crippen LogP contribution in [-0.4, -0.2) is 38.8 Å². The molecule has 1 heterocycles. The standard InChI is InChI=1S/C16H24N2O3/c1-11-8-13(6-7-17-11)18-16(19)10-12-9-14(20-2)4-5-15(12)21-3/h4-5,9,11,13,17H,6-8,10H2,1-3H3,(H,18,19). The van der Waals surface area contributed by atoms with Gasteiger partial charge in [-0.15, -0.1) is 0 Å². The Balaban J connectivity index is 1.98. The zero-order chi connectivity index (χ0) is 15.2. The van der Waals surface area contributed by atoms with Gasteiger partial charge in [0.15, 0.2) is 0 Å². The second-order valence-electron chi connectivity index (χ2n) is 5.50. The molecule has 1 aromatic carbocycles. The number of methoxy groups -OCH3 is 2. The highest BCUT2D eigenvalue weighted by Crippen LogP contribution is 2.24. The van der Waals surface area contributed by atoms with Crippen molar-refractivity contribution in [1.29, 1.82) is 0 Å². The first-order valence-corrected chi connectivity index (χ1v) is 7.36. The average molecular weight is 292 g/mol. The molecule has 0 saturated carbocycles. The third kappa shape index (κ3) is 4.36. The highest BCUT2D eigenvalue weighted by atomic mass is 16.5. The van der Waals surface area contributed by atoms with Gasteiger partial charge < -0.3 is 20.1 Å². The van der Waals surface area contributed by atoms with Crippen molar-refractivity contribution in [3.63, 3.8) is 0 Å². The molecule has 5 heteroatoms. The normalized spacial score (nSPS) is 21.7. The highest BCUT2D eigenvalue weighted by Gasteiger charge is 2.20. The second-order valence-corrected chi connectivity index (χ2v) is 5.50. The van der Waals surface area contributed by atoms with Gasteiger partial charge in [0.05, 0.1) is 20.6 Å². The van der Waals surface area contributed by atoms with E-state index < -0.39 is 0 Å². The van der Waals surface area contributed by atoms with E-state index in [1.807, 2.05) is 18.2 Å². The van der Waals surface area contributed by atoms with Gasteiger partial charge in [0.25, 0.3) is 0 Å². The Morgan fingerprint density at radius 3 is 2.86 bits per heavy atom. The lowest BCUT2D eigenvalue weighted by Crippen LogP contribution is -2.46. The summed E-state index contributed by atoms with van der Waals surface area (Å²) < 4.78 is 10.5. The molecular formula is C16H24N2O3. The molecular weight excluding hydrogens is 268 g/mol. The van der Waals surface area contributed by atoms with Crippen LogP contribution in [0.15, 0.2) is 18.2 Å². The van der Waals surface area contributed by atoms with Gasteiger partial charge in [-0.3, -0.25) is 4.79 Å². The van der Waals surface area contributed by atoms with Crippen molar-refractivity contribution < 1.29 is 14.3 Å². The van der Waals surface area contributed by atoms with Crippen LogP contribution in [0.2, 0.25) is 0 Å². The number of benzene rings is 1. The molecule has 2 unspecified atom stereocenters. The highest BCUT2D eigenvalue weighted by molar-refractivity contribution is 5.79. The molecule has 2 atom stereocenters. The van der Waals surface area contributed by atoms with Crippen LogP contribution in [0.4, 0.5) is 0 Å². The van der Waals surface area contributed by atoms with E-state index in [-0.39, 0.29) is 11.9 Å². The molecule has 1 aromatic rings. The predicted molar refractivity (Wildman–Crippen MR) is 81.9 cm³/mol. The number of hydrogen-bond donors (Lipinski definition) is 2. The minimum absolute atomic E-state index is 0.0284. The Morgan fingerprint density at radius 1 is 1.38 bits per heavy atom. The lowest BCUT2D eigenvalue weighted by Gasteiger charge is -2.28. The molecule has 0 bridgehead atoms. The largest absolute Gasteiger partial charge is 0.497 e. The number of hydrogen-bond acceptors (Lipinski definition) is 4. The summed E-state index contributed by atoms with van der Waals surface area (Å²) in [5.74, 6) is 1.47. The van der Waals surface area contributed by atoms with Crippen LogP contribution in [0.25, 0.3) is 0 Å². The van der Waals surface area contributed by atoms with Gasteiger partial charge in [-0.05, 0) is 44.5 Å². The number of rotatable bonds is 5. The van der Waals surface area contributed by atoms with Crippen LogP contribution in [0, 0.1) is 0 Å². The van der Waals surface area contributed by atoms with E-state index in [0.717, 1.165) is 30.7 Å². The monoisotopic (exact) mass is 292 g/mol. The van der Waals surface area contributed by atoms with Crippen molar-refractivity contribution >= 4 is 5.91 Å². The molecule has 1 saturated heterocycles. The zero-order valence-electron chi connectivity index (χ0n) is 12.9. The Hall–Kier alpha value is -1.75. The first kappa shape index (κ1) is 15.6. The Morgan fingerprint density at radius 2 is 2.19 bits per heavy atom. The van der Waals surface area contributed by atoms with Gasteiger partial charge >= 0.3 is 0 Å². The van der Waals surface area contributed by atoms with E-state index in [4.69, 9.17) is 9.47 Å². The summed E-state index contributed by atoms with van der Waals surface area (Å²) in [5, 5.41) is 6.49. The van der Waals surface area contributed by atoms with Gasteiger partial charge in [0, 0.05) is 17.6 Å². The SMILES string of the molecule is COc1ccc(OC)c(CC(=O)NC2CCNC(C)C2)c1. The van der Waals surface area contributed by atoms with Crippen LogP contribution >= 0.6 is 0 Å². The van der Waals surface area contributed by atoms with E-state index in [1.54, 1.807) is 14.2 Å². The molecule has 116 valence electrons. The van der Waals surface area contributed by atoms with E-state index >= 15 is 0 Å². The van der Waals surface area contributed by atoms with Gasteiger partial charge in [-0.25, -0.2) is 0 Å². The smallest absolute Gasteiger partial charge is 0.224 e. The maximum Gasteiger partial charge on any atom is 0.224 e. The number of nitrogens with one attached hydrogen (secondary N) is 2. The van der Waals surface area contributed by atoms with Crippen LogP contribution < -0.4 is 20.1 Å². The zero-order valence-corrected chi connectivity index (χ0v) is 12.9. The van der Waals surface area contributed by atoms with Gasteiger partial charge in [-0.2, -0.15) is 0 Å². The molecule has 1 aliphatic heterocycles. The van der Waals surface area contributed by atoms with Crippen LogP contribution in [0.3, 0.4) is 0 Å². The molecule has 2 N–H and O–H groups in total. The van der Waals surface area contributed by atoms with E-state index in [0.29, 0.717) is 18.2 Å². The van der Waals surface area contributed by atoms with Crippen molar-refractivity contribution in [2.24, 2.45) is 0 Å². The first-order chi connectivity index (χ1) is 10.1. The summed E-state index contributed by atoms with van der Waals surface area (Å²) in [6.45, 7) is 3.10. The summed E-state index contributed by atoms with van der Waals surface area (Å²) in [4.78, 5) is 12.2.